The van der Waals surface area contributed by atoms with Gasteiger partial charge in [-0.25, -0.2) is 4.98 Å². The first-order chi connectivity index (χ1) is 11.0. The van der Waals surface area contributed by atoms with Gasteiger partial charge in [-0.05, 0) is 30.5 Å². The first-order valence-electron chi connectivity index (χ1n) is 6.89. The number of ketones is 1. The van der Waals surface area contributed by atoms with Crippen LogP contribution in [0.1, 0.15) is 32.0 Å². The zero-order valence-electron chi connectivity index (χ0n) is 12.6. The van der Waals surface area contributed by atoms with Gasteiger partial charge in [0.25, 0.3) is 5.91 Å². The molecule has 0 radical (unpaired) electrons. The third kappa shape index (κ3) is 3.57. The van der Waals surface area contributed by atoms with E-state index in [1.807, 2.05) is 22.9 Å². The van der Waals surface area contributed by atoms with Crippen molar-refractivity contribution in [3.63, 3.8) is 0 Å². The average molecular weight is 363 g/mol. The summed E-state index contributed by atoms with van der Waals surface area (Å²) in [7, 11) is 1.75. The van der Waals surface area contributed by atoms with Crippen molar-refractivity contribution in [1.29, 1.82) is 0 Å². The van der Waals surface area contributed by atoms with E-state index in [1.54, 1.807) is 46.8 Å². The molecule has 3 heterocycles. The molecule has 4 nitrogen and oxygen atoms in total. The van der Waals surface area contributed by atoms with Crippen molar-refractivity contribution in [3.05, 3.63) is 50.5 Å². The standard InChI is InChI=1S/C16H14N2O2S3/c1-10(19)12-5-6-14(23-12)16(20)18(2)8-11-9-22-15(17-11)13-4-3-7-21-13/h3-7,9H,8H2,1-2H3. The largest absolute Gasteiger partial charge is 0.335 e. The number of thiophene rings is 2. The van der Waals surface area contributed by atoms with Gasteiger partial charge in [0, 0.05) is 12.4 Å². The Morgan fingerprint density at radius 1 is 1.17 bits per heavy atom. The van der Waals surface area contributed by atoms with Gasteiger partial charge in [-0.15, -0.1) is 34.0 Å². The second kappa shape index (κ2) is 6.74. The minimum absolute atomic E-state index is 0.0169. The molecule has 0 saturated heterocycles. The fraction of sp³-hybridized carbons (Fsp3) is 0.188. The number of carbonyl (C=O) groups excluding carboxylic acids is 2. The quantitative estimate of drug-likeness (QED) is 0.632. The normalized spacial score (nSPS) is 10.7. The molecule has 3 aromatic rings. The van der Waals surface area contributed by atoms with Gasteiger partial charge in [0.2, 0.25) is 0 Å². The van der Waals surface area contributed by atoms with Gasteiger partial charge in [0.05, 0.1) is 26.9 Å². The zero-order chi connectivity index (χ0) is 16.4. The minimum atomic E-state index is -0.0897. The van der Waals surface area contributed by atoms with Crippen molar-refractivity contribution in [3.8, 4) is 9.88 Å². The molecular formula is C16H14N2O2S3. The maximum Gasteiger partial charge on any atom is 0.264 e. The van der Waals surface area contributed by atoms with Crippen molar-refractivity contribution in [2.24, 2.45) is 0 Å². The van der Waals surface area contributed by atoms with E-state index in [9.17, 15) is 9.59 Å². The van der Waals surface area contributed by atoms with Crippen LogP contribution in [-0.4, -0.2) is 28.6 Å². The summed E-state index contributed by atoms with van der Waals surface area (Å²) in [5.41, 5.74) is 0.873. The fourth-order valence-electron chi connectivity index (χ4n) is 2.04. The summed E-state index contributed by atoms with van der Waals surface area (Å²) in [4.78, 5) is 32.3. The number of rotatable bonds is 5. The first-order valence-corrected chi connectivity index (χ1v) is 9.46. The third-order valence-electron chi connectivity index (χ3n) is 3.19. The van der Waals surface area contributed by atoms with Crippen LogP contribution in [0.15, 0.2) is 35.0 Å². The van der Waals surface area contributed by atoms with E-state index in [-0.39, 0.29) is 11.7 Å². The molecule has 0 atom stereocenters. The number of aromatic nitrogens is 1. The van der Waals surface area contributed by atoms with Gasteiger partial charge in [0.15, 0.2) is 5.78 Å². The van der Waals surface area contributed by atoms with Crippen LogP contribution in [0.3, 0.4) is 0 Å². The smallest absolute Gasteiger partial charge is 0.264 e. The number of hydrogen-bond acceptors (Lipinski definition) is 6. The summed E-state index contributed by atoms with van der Waals surface area (Å²) in [6, 6.07) is 7.45. The topological polar surface area (TPSA) is 50.3 Å². The van der Waals surface area contributed by atoms with Gasteiger partial charge >= 0.3 is 0 Å². The zero-order valence-corrected chi connectivity index (χ0v) is 15.1. The van der Waals surface area contributed by atoms with E-state index in [2.05, 4.69) is 4.98 Å². The fourth-order valence-corrected chi connectivity index (χ4v) is 4.56. The molecule has 0 aliphatic heterocycles. The second-order valence-electron chi connectivity index (χ2n) is 5.00. The molecule has 0 fully saturated rings. The van der Waals surface area contributed by atoms with E-state index < -0.39 is 0 Å². The molecule has 118 valence electrons. The molecule has 0 aromatic carbocycles. The highest BCUT2D eigenvalue weighted by molar-refractivity contribution is 7.20. The van der Waals surface area contributed by atoms with Gasteiger partial charge in [0.1, 0.15) is 5.01 Å². The number of Topliss-reactive ketones (excluding diaryl/α,β-unsaturated/α-hetero) is 1. The molecule has 1 amide bonds. The molecule has 0 bridgehead atoms. The number of thiazole rings is 1. The van der Waals surface area contributed by atoms with E-state index >= 15 is 0 Å². The lowest BCUT2D eigenvalue weighted by Gasteiger charge is -2.14. The first kappa shape index (κ1) is 16.0. The van der Waals surface area contributed by atoms with Crippen LogP contribution in [0.5, 0.6) is 0 Å². The number of hydrogen-bond donors (Lipinski definition) is 0. The van der Waals surface area contributed by atoms with Crippen LogP contribution in [0.2, 0.25) is 0 Å². The third-order valence-corrected chi connectivity index (χ3v) is 6.30. The van der Waals surface area contributed by atoms with E-state index in [0.29, 0.717) is 16.3 Å². The predicted octanol–water partition coefficient (Wildman–Crippen LogP) is 4.41. The summed E-state index contributed by atoms with van der Waals surface area (Å²) >= 11 is 4.47. The number of nitrogens with zero attached hydrogens (tertiary/aromatic N) is 2. The lowest BCUT2D eigenvalue weighted by atomic mass is 10.3. The molecule has 0 N–H and O–H groups in total. The summed E-state index contributed by atoms with van der Waals surface area (Å²) < 4.78 is 0. The number of carbonyl (C=O) groups is 2. The Morgan fingerprint density at radius 3 is 2.61 bits per heavy atom. The molecule has 7 heteroatoms. The molecule has 3 aromatic heterocycles. The Labute approximate surface area is 146 Å². The van der Waals surface area contributed by atoms with Crippen molar-refractivity contribution >= 4 is 45.7 Å². The lowest BCUT2D eigenvalue weighted by Crippen LogP contribution is -2.25. The van der Waals surface area contributed by atoms with Gasteiger partial charge < -0.3 is 4.90 Å². The molecule has 0 spiro atoms. The van der Waals surface area contributed by atoms with E-state index in [1.165, 1.54) is 18.3 Å². The summed E-state index contributed by atoms with van der Waals surface area (Å²) in [5, 5.41) is 4.98. The highest BCUT2D eigenvalue weighted by Gasteiger charge is 2.17. The molecule has 0 unspecified atom stereocenters. The Bertz CT molecular complexity index is 833. The van der Waals surface area contributed by atoms with Crippen molar-refractivity contribution < 1.29 is 9.59 Å². The molecule has 0 aliphatic carbocycles. The van der Waals surface area contributed by atoms with E-state index in [0.717, 1.165) is 15.6 Å². The molecule has 3 rings (SSSR count). The summed E-state index contributed by atoms with van der Waals surface area (Å²) in [5.74, 6) is -0.107. The maximum atomic E-state index is 12.4. The van der Waals surface area contributed by atoms with Crippen molar-refractivity contribution in [1.82, 2.24) is 9.88 Å². The highest BCUT2D eigenvalue weighted by atomic mass is 32.1. The van der Waals surface area contributed by atoms with Crippen LogP contribution in [0.25, 0.3) is 9.88 Å². The van der Waals surface area contributed by atoms with Gasteiger partial charge in [-0.1, -0.05) is 6.07 Å². The summed E-state index contributed by atoms with van der Waals surface area (Å²) in [6.45, 7) is 1.96. The average Bonchev–Trinajstić information content (AvgIpc) is 3.26. The Balaban J connectivity index is 1.69. The number of amides is 1. The van der Waals surface area contributed by atoms with Crippen molar-refractivity contribution in [2.75, 3.05) is 7.05 Å². The summed E-state index contributed by atoms with van der Waals surface area (Å²) in [6.07, 6.45) is 0. The van der Waals surface area contributed by atoms with Crippen LogP contribution >= 0.6 is 34.0 Å². The van der Waals surface area contributed by atoms with Crippen LogP contribution in [-0.2, 0) is 6.54 Å². The second-order valence-corrected chi connectivity index (χ2v) is 7.89. The van der Waals surface area contributed by atoms with Crippen molar-refractivity contribution in [2.45, 2.75) is 13.5 Å². The SMILES string of the molecule is CC(=O)c1ccc(C(=O)N(C)Cc2csc(-c3cccs3)n2)s1. The molecule has 23 heavy (non-hydrogen) atoms. The minimum Gasteiger partial charge on any atom is -0.335 e. The Morgan fingerprint density at radius 2 is 1.96 bits per heavy atom. The molecule has 0 aliphatic rings. The maximum absolute atomic E-state index is 12.4. The van der Waals surface area contributed by atoms with E-state index in [4.69, 9.17) is 0 Å². The Hall–Kier alpha value is -1.83. The highest BCUT2D eigenvalue weighted by Crippen LogP contribution is 2.28. The monoisotopic (exact) mass is 362 g/mol. The molecular weight excluding hydrogens is 348 g/mol. The Kier molecular flexibility index (Phi) is 4.70. The molecule has 0 saturated carbocycles. The van der Waals surface area contributed by atoms with Gasteiger partial charge in [-0.3, -0.25) is 9.59 Å². The van der Waals surface area contributed by atoms with Gasteiger partial charge in [-0.2, -0.15) is 0 Å². The lowest BCUT2D eigenvalue weighted by molar-refractivity contribution is 0.0788. The predicted molar refractivity (Wildman–Crippen MR) is 95.5 cm³/mol. The van der Waals surface area contributed by atoms with Crippen LogP contribution < -0.4 is 0 Å². The van der Waals surface area contributed by atoms with Crippen LogP contribution in [0, 0.1) is 0 Å². The van der Waals surface area contributed by atoms with Crippen LogP contribution in [0.4, 0.5) is 0 Å².